The lowest BCUT2D eigenvalue weighted by Gasteiger charge is -2.39. The van der Waals surface area contributed by atoms with E-state index < -0.39 is 0 Å². The van der Waals surface area contributed by atoms with Gasteiger partial charge in [0, 0.05) is 64.0 Å². The minimum absolute atomic E-state index is 0.0532. The number of ether oxygens (including phenoxy) is 3. The number of rotatable bonds is 10. The van der Waals surface area contributed by atoms with Crippen molar-refractivity contribution in [2.24, 2.45) is 5.41 Å². The summed E-state index contributed by atoms with van der Waals surface area (Å²) in [5, 5.41) is 0. The average molecular weight is 561 g/mol. The molecule has 8 nitrogen and oxygen atoms in total. The summed E-state index contributed by atoms with van der Waals surface area (Å²) < 4.78 is 17.9. The maximum Gasteiger partial charge on any atom is 0.272 e. The van der Waals surface area contributed by atoms with E-state index in [2.05, 4.69) is 40.0 Å². The first-order valence-electron chi connectivity index (χ1n) is 15.3. The number of nitrogens with zero attached hydrogens (tertiary/aromatic N) is 4. The second kappa shape index (κ2) is 12.4. The maximum absolute atomic E-state index is 13.1. The molecule has 8 heteroatoms. The van der Waals surface area contributed by atoms with Gasteiger partial charge in [0.15, 0.2) is 11.5 Å². The number of methoxy groups -OCH3 is 1. The van der Waals surface area contributed by atoms with E-state index in [1.165, 1.54) is 37.7 Å². The van der Waals surface area contributed by atoms with Gasteiger partial charge in [-0.15, -0.1) is 0 Å². The van der Waals surface area contributed by atoms with Crippen molar-refractivity contribution in [2.45, 2.75) is 44.4 Å². The number of aromatic nitrogens is 1. The number of carbonyl (C=O) groups is 1. The number of hydrogen-bond donors (Lipinski definition) is 0. The average Bonchev–Trinajstić information content (AvgIpc) is 3.61. The number of piperazine rings is 1. The van der Waals surface area contributed by atoms with Gasteiger partial charge in [-0.3, -0.25) is 14.7 Å². The van der Waals surface area contributed by atoms with Crippen LogP contribution in [-0.2, 0) is 0 Å². The molecule has 2 saturated heterocycles. The van der Waals surface area contributed by atoms with Crippen LogP contribution in [0.15, 0.2) is 48.2 Å². The molecule has 0 unspecified atom stereocenters. The number of likely N-dealkylation sites (tertiary alicyclic amines) is 1. The third-order valence-electron chi connectivity index (χ3n) is 9.52. The lowest BCUT2D eigenvalue weighted by Crippen LogP contribution is -2.48. The predicted molar refractivity (Wildman–Crippen MR) is 159 cm³/mol. The molecular weight excluding hydrogens is 516 g/mol. The normalized spacial score (nSPS) is 21.1. The second-order valence-electron chi connectivity index (χ2n) is 12.3. The summed E-state index contributed by atoms with van der Waals surface area (Å²) in [5.41, 5.74) is 3.47. The molecule has 3 heterocycles. The molecule has 1 aromatic heterocycles. The number of allylic oxidation sites excluding steroid dienone is 1. The number of hydrogen-bond acceptors (Lipinski definition) is 7. The second-order valence-corrected chi connectivity index (χ2v) is 12.3. The fourth-order valence-electron chi connectivity index (χ4n) is 6.80. The van der Waals surface area contributed by atoms with Gasteiger partial charge in [-0.2, -0.15) is 0 Å². The third kappa shape index (κ3) is 6.54. The molecule has 4 aliphatic rings. The van der Waals surface area contributed by atoms with Crippen LogP contribution in [0.2, 0.25) is 0 Å². The highest BCUT2D eigenvalue weighted by Crippen LogP contribution is 2.48. The van der Waals surface area contributed by atoms with Crippen LogP contribution in [0, 0.1) is 5.41 Å². The van der Waals surface area contributed by atoms with Gasteiger partial charge >= 0.3 is 0 Å². The van der Waals surface area contributed by atoms with Crippen LogP contribution in [0.3, 0.4) is 0 Å². The van der Waals surface area contributed by atoms with Gasteiger partial charge in [-0.1, -0.05) is 25.0 Å². The summed E-state index contributed by atoms with van der Waals surface area (Å²) in [4.78, 5) is 24.1. The molecule has 1 amide bonds. The van der Waals surface area contributed by atoms with Crippen LogP contribution in [0.25, 0.3) is 0 Å². The largest absolute Gasteiger partial charge is 0.493 e. The first-order valence-corrected chi connectivity index (χ1v) is 15.3. The molecule has 0 radical (unpaired) electrons. The molecule has 1 spiro atoms. The number of carbonyl (C=O) groups excluding carboxylic acids is 1. The Balaban J connectivity index is 0.986. The SMILES string of the molecule is COc1cc(C2CN(C(=O)c3cc(OCCN4CCN(C)CC4)ccn3)C2)ccc1OCC1=CC2(CCCC2)CC1. The van der Waals surface area contributed by atoms with Crippen LogP contribution in [0.4, 0.5) is 0 Å². The van der Waals surface area contributed by atoms with Crippen molar-refractivity contribution in [3.8, 4) is 17.2 Å². The van der Waals surface area contributed by atoms with E-state index in [1.54, 1.807) is 19.4 Å². The highest BCUT2D eigenvalue weighted by atomic mass is 16.5. The van der Waals surface area contributed by atoms with Crippen molar-refractivity contribution in [1.29, 1.82) is 0 Å². The van der Waals surface area contributed by atoms with E-state index in [0.29, 0.717) is 43.2 Å². The minimum Gasteiger partial charge on any atom is -0.493 e. The number of benzene rings is 1. The van der Waals surface area contributed by atoms with Crippen LogP contribution in [0.1, 0.15) is 60.5 Å². The molecular formula is C33H44N4O4. The van der Waals surface area contributed by atoms with Gasteiger partial charge in [0.2, 0.25) is 0 Å². The predicted octanol–water partition coefficient (Wildman–Crippen LogP) is 4.62. The van der Waals surface area contributed by atoms with Crippen molar-refractivity contribution in [3.05, 3.63) is 59.4 Å². The monoisotopic (exact) mass is 560 g/mol. The maximum atomic E-state index is 13.1. The Kier molecular flexibility index (Phi) is 8.49. The van der Waals surface area contributed by atoms with E-state index in [-0.39, 0.29) is 11.8 Å². The van der Waals surface area contributed by atoms with E-state index in [9.17, 15) is 4.79 Å². The molecule has 220 valence electrons. The summed E-state index contributed by atoms with van der Waals surface area (Å²) in [6.07, 6.45) is 12.0. The van der Waals surface area contributed by atoms with Gasteiger partial charge in [-0.25, -0.2) is 0 Å². The standard InChI is InChI=1S/C33H44N4O4/c1-35-13-15-36(16-14-35)17-18-40-28-8-12-34-29(20-28)32(38)37-22-27(23-37)26-5-6-30(31(19-26)39-2)41-24-25-7-11-33(21-25)9-3-4-10-33/h5-6,8,12,19-21,27H,3-4,7,9-11,13-18,22-24H2,1-2H3. The van der Waals surface area contributed by atoms with E-state index in [1.807, 2.05) is 17.0 Å². The van der Waals surface area contributed by atoms with Crippen molar-refractivity contribution in [2.75, 3.05) is 73.2 Å². The smallest absolute Gasteiger partial charge is 0.272 e. The van der Waals surface area contributed by atoms with Crippen molar-refractivity contribution < 1.29 is 19.0 Å². The lowest BCUT2D eigenvalue weighted by atomic mass is 9.86. The molecule has 0 N–H and O–H groups in total. The molecule has 2 aliphatic heterocycles. The molecule has 2 aliphatic carbocycles. The zero-order valence-corrected chi connectivity index (χ0v) is 24.6. The Labute approximate surface area is 244 Å². The zero-order chi connectivity index (χ0) is 28.2. The van der Waals surface area contributed by atoms with Crippen LogP contribution < -0.4 is 14.2 Å². The topological polar surface area (TPSA) is 67.4 Å². The summed E-state index contributed by atoms with van der Waals surface area (Å²) in [6, 6.07) is 9.79. The summed E-state index contributed by atoms with van der Waals surface area (Å²) in [5.74, 6) is 2.45. The van der Waals surface area contributed by atoms with E-state index >= 15 is 0 Å². The number of amides is 1. The third-order valence-corrected chi connectivity index (χ3v) is 9.52. The number of likely N-dealkylation sites (N-methyl/N-ethyl adjacent to an activating group) is 1. The van der Waals surface area contributed by atoms with Gasteiger partial charge < -0.3 is 24.0 Å². The molecule has 3 fully saturated rings. The van der Waals surface area contributed by atoms with Crippen LogP contribution >= 0.6 is 0 Å². The van der Waals surface area contributed by atoms with E-state index in [4.69, 9.17) is 14.2 Å². The molecule has 6 rings (SSSR count). The summed E-state index contributed by atoms with van der Waals surface area (Å²) in [6.45, 7) is 7.76. The van der Waals surface area contributed by atoms with Crippen LogP contribution in [-0.4, -0.2) is 98.8 Å². The summed E-state index contributed by atoms with van der Waals surface area (Å²) in [7, 11) is 3.85. The Morgan fingerprint density at radius 2 is 1.80 bits per heavy atom. The van der Waals surface area contributed by atoms with Crippen molar-refractivity contribution in [3.63, 3.8) is 0 Å². The Morgan fingerprint density at radius 1 is 1.00 bits per heavy atom. The first-order chi connectivity index (χ1) is 20.0. The summed E-state index contributed by atoms with van der Waals surface area (Å²) >= 11 is 0. The molecule has 41 heavy (non-hydrogen) atoms. The zero-order valence-electron chi connectivity index (χ0n) is 24.6. The Morgan fingerprint density at radius 3 is 2.59 bits per heavy atom. The van der Waals surface area contributed by atoms with Crippen molar-refractivity contribution in [1.82, 2.24) is 19.7 Å². The van der Waals surface area contributed by atoms with Crippen LogP contribution in [0.5, 0.6) is 17.2 Å². The Bertz CT molecular complexity index is 1240. The molecule has 1 aromatic carbocycles. The molecule has 0 atom stereocenters. The van der Waals surface area contributed by atoms with Gasteiger partial charge in [0.25, 0.3) is 5.91 Å². The minimum atomic E-state index is -0.0532. The fraction of sp³-hybridized carbons (Fsp3) is 0.576. The molecule has 0 bridgehead atoms. The quantitative estimate of drug-likeness (QED) is 0.393. The number of pyridine rings is 1. The molecule has 2 aromatic rings. The van der Waals surface area contributed by atoms with E-state index in [0.717, 1.165) is 56.2 Å². The lowest BCUT2D eigenvalue weighted by molar-refractivity contribution is 0.0595. The van der Waals surface area contributed by atoms with Gasteiger partial charge in [0.05, 0.1) is 7.11 Å². The fourth-order valence-corrected chi connectivity index (χ4v) is 6.80. The Hall–Kier alpha value is -3.10. The molecule has 1 saturated carbocycles. The highest BCUT2D eigenvalue weighted by molar-refractivity contribution is 5.93. The first kappa shape index (κ1) is 28.0. The van der Waals surface area contributed by atoms with Gasteiger partial charge in [0.1, 0.15) is 24.7 Å². The van der Waals surface area contributed by atoms with Crippen molar-refractivity contribution >= 4 is 5.91 Å². The highest BCUT2D eigenvalue weighted by Gasteiger charge is 2.36. The van der Waals surface area contributed by atoms with Gasteiger partial charge in [-0.05, 0) is 67.5 Å².